The number of hydrogen-bond acceptors (Lipinski definition) is 6. The zero-order chi connectivity index (χ0) is 26.6. The van der Waals surface area contributed by atoms with Crippen molar-refractivity contribution < 1.29 is 8.42 Å². The Balaban J connectivity index is 1.27. The van der Waals surface area contributed by atoms with E-state index in [2.05, 4.69) is 25.2 Å². The van der Waals surface area contributed by atoms with Crippen LogP contribution < -0.4 is 10.0 Å². The summed E-state index contributed by atoms with van der Waals surface area (Å²) in [5.74, 6) is 2.14. The van der Waals surface area contributed by atoms with E-state index < -0.39 is 15.6 Å². The molecule has 0 saturated heterocycles. The Morgan fingerprint density at radius 1 is 0.897 bits per heavy atom. The molecule has 0 amide bonds. The van der Waals surface area contributed by atoms with Crippen molar-refractivity contribution in [3.05, 3.63) is 102 Å². The van der Waals surface area contributed by atoms with Crippen LogP contribution in [0.5, 0.6) is 0 Å². The van der Waals surface area contributed by atoms with Crippen LogP contribution in [0.25, 0.3) is 28.5 Å². The predicted molar refractivity (Wildman–Crippen MR) is 150 cm³/mol. The molecule has 0 bridgehead atoms. The van der Waals surface area contributed by atoms with E-state index in [0.717, 1.165) is 64.5 Å². The molecule has 1 fully saturated rings. The average Bonchev–Trinajstić information content (AvgIpc) is 3.31. The van der Waals surface area contributed by atoms with Crippen LogP contribution in [0.3, 0.4) is 0 Å². The third-order valence-electron chi connectivity index (χ3n) is 7.64. The minimum Gasteiger partial charge on any atom is -0.338 e. The van der Waals surface area contributed by atoms with Gasteiger partial charge in [-0.2, -0.15) is 0 Å². The molecule has 0 unspecified atom stereocenters. The standard InChI is InChI=1S/C30H26N6O2S/c1-20-7-4-8-23(19-20)39(37,38)35-30(16-6-17-30)22-14-12-21(13-15-22)28-33-34-29-24-9-2-3-10-25(24)32-27-26(36(28)29)11-5-18-31-27/h2-5,7-15,18-19,35H,6,16-17H2,1H3,(H,31,32). The number of para-hydroxylation sites is 1. The largest absolute Gasteiger partial charge is 0.338 e. The lowest BCUT2D eigenvalue weighted by Gasteiger charge is -2.42. The summed E-state index contributed by atoms with van der Waals surface area (Å²) in [6, 6.07) is 26.9. The van der Waals surface area contributed by atoms with Crippen molar-refractivity contribution in [1.82, 2.24) is 24.5 Å². The van der Waals surface area contributed by atoms with Gasteiger partial charge >= 0.3 is 0 Å². The molecule has 2 aliphatic rings. The molecular weight excluding hydrogens is 508 g/mol. The fourth-order valence-corrected chi connectivity index (χ4v) is 7.03. The van der Waals surface area contributed by atoms with Gasteiger partial charge < -0.3 is 5.32 Å². The number of sulfonamides is 1. The topological polar surface area (TPSA) is 102 Å². The highest BCUT2D eigenvalue weighted by Crippen LogP contribution is 2.44. The number of anilines is 2. The first-order valence-corrected chi connectivity index (χ1v) is 14.4. The minimum absolute atomic E-state index is 0.290. The van der Waals surface area contributed by atoms with Gasteiger partial charge in [-0.05, 0) is 73.7 Å². The van der Waals surface area contributed by atoms with Gasteiger partial charge in [0.15, 0.2) is 17.5 Å². The molecule has 9 heteroatoms. The quantitative estimate of drug-likeness (QED) is 0.293. The first kappa shape index (κ1) is 23.8. The smallest absolute Gasteiger partial charge is 0.241 e. The van der Waals surface area contributed by atoms with Crippen LogP contribution in [-0.4, -0.2) is 28.2 Å². The maximum atomic E-state index is 13.3. The van der Waals surface area contributed by atoms with Crippen molar-refractivity contribution in [2.75, 3.05) is 5.32 Å². The molecule has 39 heavy (non-hydrogen) atoms. The molecule has 0 radical (unpaired) electrons. The Morgan fingerprint density at radius 3 is 2.46 bits per heavy atom. The van der Waals surface area contributed by atoms with E-state index >= 15 is 0 Å². The van der Waals surface area contributed by atoms with Crippen LogP contribution in [0.1, 0.15) is 30.4 Å². The summed E-state index contributed by atoms with van der Waals surface area (Å²) in [5.41, 5.74) is 4.81. The van der Waals surface area contributed by atoms with E-state index in [1.54, 1.807) is 24.4 Å². The summed E-state index contributed by atoms with van der Waals surface area (Å²) < 4.78 is 31.6. The SMILES string of the molecule is Cc1cccc(S(=O)(=O)NC2(c3ccc(-c4nnc5n4-c4cccnc4Nc4ccccc4-5)cc3)CCC2)c1. The molecule has 194 valence electrons. The van der Waals surface area contributed by atoms with E-state index in [9.17, 15) is 8.42 Å². The van der Waals surface area contributed by atoms with Crippen LogP contribution >= 0.6 is 0 Å². The Labute approximate surface area is 226 Å². The lowest BCUT2D eigenvalue weighted by atomic mass is 9.72. The normalized spacial score (nSPS) is 15.2. The van der Waals surface area contributed by atoms with Crippen molar-refractivity contribution in [2.45, 2.75) is 36.6 Å². The number of pyridine rings is 1. The van der Waals surface area contributed by atoms with Crippen LogP contribution in [0.2, 0.25) is 0 Å². The maximum absolute atomic E-state index is 13.3. The monoisotopic (exact) mass is 534 g/mol. The summed E-state index contributed by atoms with van der Waals surface area (Å²) in [4.78, 5) is 4.86. The number of hydrogen-bond donors (Lipinski definition) is 2. The van der Waals surface area contributed by atoms with Gasteiger partial charge in [0.2, 0.25) is 10.0 Å². The molecule has 7 rings (SSSR count). The second-order valence-corrected chi connectivity index (χ2v) is 11.8. The van der Waals surface area contributed by atoms with Gasteiger partial charge in [0.05, 0.1) is 21.8 Å². The zero-order valence-electron chi connectivity index (χ0n) is 21.3. The first-order valence-electron chi connectivity index (χ1n) is 12.9. The van der Waals surface area contributed by atoms with Crippen LogP contribution in [0.4, 0.5) is 11.5 Å². The van der Waals surface area contributed by atoms with Gasteiger partial charge in [-0.25, -0.2) is 18.1 Å². The van der Waals surface area contributed by atoms with Crippen molar-refractivity contribution in [3.8, 4) is 28.5 Å². The predicted octanol–water partition coefficient (Wildman–Crippen LogP) is 5.72. The van der Waals surface area contributed by atoms with E-state index in [1.165, 1.54) is 0 Å². The molecule has 1 aliphatic carbocycles. The number of nitrogens with one attached hydrogen (secondary N) is 2. The summed E-state index contributed by atoms with van der Waals surface area (Å²) in [6.07, 6.45) is 4.22. The molecule has 2 N–H and O–H groups in total. The maximum Gasteiger partial charge on any atom is 0.241 e. The highest BCUT2D eigenvalue weighted by molar-refractivity contribution is 7.89. The zero-order valence-corrected chi connectivity index (χ0v) is 22.1. The van der Waals surface area contributed by atoms with Crippen LogP contribution in [0.15, 0.2) is 96.0 Å². The van der Waals surface area contributed by atoms with Crippen molar-refractivity contribution in [1.29, 1.82) is 0 Å². The molecule has 8 nitrogen and oxygen atoms in total. The fourth-order valence-electron chi connectivity index (χ4n) is 5.48. The van der Waals surface area contributed by atoms with Crippen molar-refractivity contribution in [3.63, 3.8) is 0 Å². The third-order valence-corrected chi connectivity index (χ3v) is 9.18. The molecule has 1 aliphatic heterocycles. The van der Waals surface area contributed by atoms with E-state index in [4.69, 9.17) is 0 Å². The number of fused-ring (bicyclic) bond motifs is 5. The van der Waals surface area contributed by atoms with Gasteiger partial charge in [0.25, 0.3) is 0 Å². The fraction of sp³-hybridized carbons (Fsp3) is 0.167. The number of aryl methyl sites for hydroxylation is 1. The lowest BCUT2D eigenvalue weighted by Crippen LogP contribution is -2.50. The van der Waals surface area contributed by atoms with E-state index in [-0.39, 0.29) is 4.90 Å². The van der Waals surface area contributed by atoms with Crippen molar-refractivity contribution >= 4 is 21.5 Å². The van der Waals surface area contributed by atoms with Gasteiger partial charge in [-0.1, -0.05) is 48.5 Å². The van der Waals surface area contributed by atoms with Gasteiger partial charge in [0, 0.05) is 17.3 Å². The Hall–Kier alpha value is -4.34. The molecule has 5 aromatic rings. The molecular formula is C30H26N6O2S. The molecule has 3 aromatic carbocycles. The number of benzene rings is 3. The summed E-state index contributed by atoms with van der Waals surface area (Å²) in [5, 5.41) is 12.6. The Kier molecular flexibility index (Phi) is 5.40. The summed E-state index contributed by atoms with van der Waals surface area (Å²) in [6.45, 7) is 1.89. The third kappa shape index (κ3) is 3.93. The molecule has 0 spiro atoms. The second-order valence-electron chi connectivity index (χ2n) is 10.2. The van der Waals surface area contributed by atoms with Crippen molar-refractivity contribution in [2.24, 2.45) is 0 Å². The van der Waals surface area contributed by atoms with E-state index in [1.807, 2.05) is 78.2 Å². The Morgan fingerprint density at radius 2 is 1.69 bits per heavy atom. The molecule has 2 aromatic heterocycles. The summed E-state index contributed by atoms with van der Waals surface area (Å²) >= 11 is 0. The first-order chi connectivity index (χ1) is 18.9. The average molecular weight is 535 g/mol. The van der Waals surface area contributed by atoms with Crippen LogP contribution in [0, 0.1) is 6.92 Å². The number of nitrogens with zero attached hydrogens (tertiary/aromatic N) is 4. The lowest BCUT2D eigenvalue weighted by molar-refractivity contribution is 0.224. The highest BCUT2D eigenvalue weighted by Gasteiger charge is 2.42. The number of aromatic nitrogens is 4. The second kappa shape index (κ2) is 8.86. The summed E-state index contributed by atoms with van der Waals surface area (Å²) in [7, 11) is -3.67. The molecule has 1 saturated carbocycles. The molecule has 0 atom stereocenters. The number of rotatable bonds is 5. The van der Waals surface area contributed by atoms with Gasteiger partial charge in [0.1, 0.15) is 0 Å². The van der Waals surface area contributed by atoms with E-state index in [0.29, 0.717) is 5.82 Å². The van der Waals surface area contributed by atoms with Crippen LogP contribution in [-0.2, 0) is 15.6 Å². The van der Waals surface area contributed by atoms with Gasteiger partial charge in [-0.3, -0.25) is 4.57 Å². The molecule has 3 heterocycles. The van der Waals surface area contributed by atoms with Gasteiger partial charge in [-0.15, -0.1) is 10.2 Å². The minimum atomic E-state index is -3.67. The Bertz CT molecular complexity index is 1820. The highest BCUT2D eigenvalue weighted by atomic mass is 32.2.